The molecule has 2 heterocycles. The third-order valence-electron chi connectivity index (χ3n) is 3.72. The molecule has 0 saturated carbocycles. The third-order valence-corrected chi connectivity index (χ3v) is 3.72. The Balaban J connectivity index is 0.00000133. The Hall–Kier alpha value is -1.10. The molecule has 0 spiro atoms. The van der Waals surface area contributed by atoms with E-state index in [1.165, 1.54) is 16.6 Å². The molecule has 1 aliphatic rings. The van der Waals surface area contributed by atoms with Gasteiger partial charge in [-0.2, -0.15) is 5.10 Å². The highest BCUT2D eigenvalue weighted by atomic mass is 35.5. The van der Waals surface area contributed by atoms with Crippen LogP contribution >= 0.6 is 12.4 Å². The zero-order valence-corrected chi connectivity index (χ0v) is 12.1. The number of benzene rings is 1. The number of para-hydroxylation sites is 1. The molecule has 1 aromatic carbocycles. The number of rotatable bonds is 3. The molecule has 1 unspecified atom stereocenters. The lowest BCUT2D eigenvalue weighted by Crippen LogP contribution is -2.26. The van der Waals surface area contributed by atoms with Gasteiger partial charge in [0.2, 0.25) is 0 Å². The molecule has 1 atom stereocenters. The van der Waals surface area contributed by atoms with E-state index in [0.717, 1.165) is 32.6 Å². The molecular weight excluding hydrogens is 260 g/mol. The van der Waals surface area contributed by atoms with Gasteiger partial charge in [-0.3, -0.25) is 9.58 Å². The third kappa shape index (κ3) is 2.76. The number of hydrogen-bond acceptors (Lipinski definition) is 3. The van der Waals surface area contributed by atoms with Crippen LogP contribution < -0.4 is 5.73 Å². The van der Waals surface area contributed by atoms with Crippen LogP contribution in [0.3, 0.4) is 0 Å². The lowest BCUT2D eigenvalue weighted by Gasteiger charge is -2.13. The standard InChI is InChI=1S/C14H20N4.ClH/c1-2-18-14-6-4-3-5-12(14)13(16-18)10-17-8-7-11(15)9-17;/h3-6,11H,2,7-10,15H2,1H3;1H. The fourth-order valence-electron chi connectivity index (χ4n) is 2.77. The summed E-state index contributed by atoms with van der Waals surface area (Å²) in [5.41, 5.74) is 8.37. The first-order valence-electron chi connectivity index (χ1n) is 6.70. The minimum absolute atomic E-state index is 0. The van der Waals surface area contributed by atoms with Crippen LogP contribution in [0.2, 0.25) is 0 Å². The molecule has 2 N–H and O–H groups in total. The van der Waals surface area contributed by atoms with Crippen LogP contribution in [-0.4, -0.2) is 33.8 Å². The average molecular weight is 281 g/mol. The van der Waals surface area contributed by atoms with Gasteiger partial charge in [0.15, 0.2) is 0 Å². The van der Waals surface area contributed by atoms with Crippen molar-refractivity contribution in [2.45, 2.75) is 32.5 Å². The maximum absolute atomic E-state index is 5.96. The van der Waals surface area contributed by atoms with E-state index in [4.69, 9.17) is 10.8 Å². The molecule has 0 radical (unpaired) electrons. The SMILES string of the molecule is CCn1nc(CN2CCC(N)C2)c2ccccc21.Cl. The number of halogens is 1. The number of hydrogen-bond donors (Lipinski definition) is 1. The zero-order valence-electron chi connectivity index (χ0n) is 11.2. The van der Waals surface area contributed by atoms with Crippen LogP contribution in [0.25, 0.3) is 10.9 Å². The van der Waals surface area contributed by atoms with Crippen molar-refractivity contribution >= 4 is 23.3 Å². The smallest absolute Gasteiger partial charge is 0.0843 e. The van der Waals surface area contributed by atoms with E-state index in [0.29, 0.717) is 6.04 Å². The number of fused-ring (bicyclic) bond motifs is 1. The Morgan fingerprint density at radius 2 is 2.16 bits per heavy atom. The summed E-state index contributed by atoms with van der Waals surface area (Å²) in [7, 11) is 0. The molecule has 0 amide bonds. The topological polar surface area (TPSA) is 47.1 Å². The number of nitrogens with zero attached hydrogens (tertiary/aromatic N) is 3. The van der Waals surface area contributed by atoms with Crippen molar-refractivity contribution in [1.82, 2.24) is 14.7 Å². The first-order valence-corrected chi connectivity index (χ1v) is 6.70. The Morgan fingerprint density at radius 3 is 2.84 bits per heavy atom. The van der Waals surface area contributed by atoms with Crippen molar-refractivity contribution in [3.05, 3.63) is 30.0 Å². The summed E-state index contributed by atoms with van der Waals surface area (Å²) in [5, 5.41) is 6.01. The van der Waals surface area contributed by atoms with Gasteiger partial charge in [0.25, 0.3) is 0 Å². The van der Waals surface area contributed by atoms with E-state index in [1.807, 2.05) is 0 Å². The molecule has 1 saturated heterocycles. The molecule has 2 aromatic rings. The van der Waals surface area contributed by atoms with Gasteiger partial charge in [-0.1, -0.05) is 18.2 Å². The normalized spacial score (nSPS) is 19.8. The summed E-state index contributed by atoms with van der Waals surface area (Å²) in [5.74, 6) is 0. The molecule has 104 valence electrons. The monoisotopic (exact) mass is 280 g/mol. The number of aryl methyl sites for hydroxylation is 1. The van der Waals surface area contributed by atoms with E-state index in [1.54, 1.807) is 0 Å². The molecule has 0 bridgehead atoms. The molecule has 3 rings (SSSR count). The van der Waals surface area contributed by atoms with Gasteiger partial charge in [-0.05, 0) is 19.4 Å². The first-order chi connectivity index (χ1) is 8.78. The Morgan fingerprint density at radius 1 is 1.37 bits per heavy atom. The Kier molecular flexibility index (Phi) is 4.45. The lowest BCUT2D eigenvalue weighted by molar-refractivity contribution is 0.322. The fraction of sp³-hybridized carbons (Fsp3) is 0.500. The number of nitrogens with two attached hydrogens (primary N) is 1. The maximum Gasteiger partial charge on any atom is 0.0843 e. The largest absolute Gasteiger partial charge is 0.326 e. The number of aromatic nitrogens is 2. The molecule has 1 aromatic heterocycles. The fourth-order valence-corrected chi connectivity index (χ4v) is 2.77. The Labute approximate surface area is 120 Å². The maximum atomic E-state index is 5.96. The van der Waals surface area contributed by atoms with Gasteiger partial charge in [0.05, 0.1) is 11.2 Å². The molecule has 19 heavy (non-hydrogen) atoms. The van der Waals surface area contributed by atoms with Gasteiger partial charge in [0.1, 0.15) is 0 Å². The molecule has 1 fully saturated rings. The van der Waals surface area contributed by atoms with Gasteiger partial charge in [-0.15, -0.1) is 12.4 Å². The van der Waals surface area contributed by atoms with Gasteiger partial charge < -0.3 is 5.73 Å². The Bertz CT molecular complexity index is 551. The summed E-state index contributed by atoms with van der Waals surface area (Å²) >= 11 is 0. The van der Waals surface area contributed by atoms with Crippen molar-refractivity contribution in [2.75, 3.05) is 13.1 Å². The number of likely N-dealkylation sites (tertiary alicyclic amines) is 1. The van der Waals surface area contributed by atoms with Gasteiger partial charge in [-0.25, -0.2) is 0 Å². The van der Waals surface area contributed by atoms with Crippen LogP contribution in [0, 0.1) is 0 Å². The van der Waals surface area contributed by atoms with Crippen molar-refractivity contribution in [3.8, 4) is 0 Å². The van der Waals surface area contributed by atoms with Crippen LogP contribution in [0.1, 0.15) is 19.0 Å². The second-order valence-corrected chi connectivity index (χ2v) is 5.06. The van der Waals surface area contributed by atoms with Gasteiger partial charge >= 0.3 is 0 Å². The summed E-state index contributed by atoms with van der Waals surface area (Å²) in [4.78, 5) is 2.40. The summed E-state index contributed by atoms with van der Waals surface area (Å²) in [6.07, 6.45) is 1.10. The molecule has 1 aliphatic heterocycles. The minimum atomic E-state index is 0. The van der Waals surface area contributed by atoms with E-state index in [2.05, 4.69) is 40.8 Å². The lowest BCUT2D eigenvalue weighted by atomic mass is 10.2. The second-order valence-electron chi connectivity index (χ2n) is 5.06. The van der Waals surface area contributed by atoms with Crippen LogP contribution in [0.5, 0.6) is 0 Å². The highest BCUT2D eigenvalue weighted by molar-refractivity contribution is 5.85. The van der Waals surface area contributed by atoms with Crippen LogP contribution in [0.15, 0.2) is 24.3 Å². The zero-order chi connectivity index (χ0) is 12.5. The van der Waals surface area contributed by atoms with E-state index < -0.39 is 0 Å². The van der Waals surface area contributed by atoms with Crippen molar-refractivity contribution < 1.29 is 0 Å². The van der Waals surface area contributed by atoms with E-state index in [-0.39, 0.29) is 12.4 Å². The van der Waals surface area contributed by atoms with Crippen molar-refractivity contribution in [1.29, 1.82) is 0 Å². The summed E-state index contributed by atoms with van der Waals surface area (Å²) in [6, 6.07) is 8.81. The quantitative estimate of drug-likeness (QED) is 0.936. The highest BCUT2D eigenvalue weighted by Gasteiger charge is 2.21. The van der Waals surface area contributed by atoms with Crippen molar-refractivity contribution in [2.24, 2.45) is 5.73 Å². The van der Waals surface area contributed by atoms with E-state index in [9.17, 15) is 0 Å². The van der Waals surface area contributed by atoms with Gasteiger partial charge in [0, 0.05) is 37.6 Å². The summed E-state index contributed by atoms with van der Waals surface area (Å²) < 4.78 is 2.08. The molecule has 4 nitrogen and oxygen atoms in total. The second kappa shape index (κ2) is 5.90. The minimum Gasteiger partial charge on any atom is -0.326 e. The predicted octanol–water partition coefficient (Wildman–Crippen LogP) is 2.01. The molecule has 5 heteroatoms. The summed E-state index contributed by atoms with van der Waals surface area (Å²) in [6.45, 7) is 6.05. The van der Waals surface area contributed by atoms with Crippen molar-refractivity contribution in [3.63, 3.8) is 0 Å². The first kappa shape index (κ1) is 14.3. The van der Waals surface area contributed by atoms with Crippen LogP contribution in [0.4, 0.5) is 0 Å². The highest BCUT2D eigenvalue weighted by Crippen LogP contribution is 2.21. The molecule has 0 aliphatic carbocycles. The predicted molar refractivity (Wildman–Crippen MR) is 80.5 cm³/mol. The molecular formula is C14H21ClN4. The average Bonchev–Trinajstić information content (AvgIpc) is 2.95. The van der Waals surface area contributed by atoms with Crippen LogP contribution in [-0.2, 0) is 13.1 Å². The van der Waals surface area contributed by atoms with E-state index >= 15 is 0 Å².